The standard InChI is InChI=1S/C25H20FN3O4S/c1-3-32-24(31)21-15(2)28-25-29(22(21)17-6-8-18(26)9-7-17)23(30)20(34-25)14-16-4-10-19(11-5-16)33-13-12-27/h4-11,14,22H,3,13H2,1-2H3/b20-14-/t22-/m1/s1. The molecule has 7 nitrogen and oxygen atoms in total. The quantitative estimate of drug-likeness (QED) is 0.509. The van der Waals surface area contributed by atoms with Crippen LogP contribution in [0.25, 0.3) is 6.08 Å². The van der Waals surface area contributed by atoms with Gasteiger partial charge < -0.3 is 9.47 Å². The molecule has 2 aromatic carbocycles. The van der Waals surface area contributed by atoms with E-state index in [1.54, 1.807) is 56.3 Å². The first-order valence-electron chi connectivity index (χ1n) is 10.5. The third kappa shape index (κ3) is 4.54. The Morgan fingerprint density at radius 2 is 1.94 bits per heavy atom. The van der Waals surface area contributed by atoms with Gasteiger partial charge >= 0.3 is 5.97 Å². The average Bonchev–Trinajstić information content (AvgIpc) is 3.12. The second-order valence-corrected chi connectivity index (χ2v) is 8.38. The van der Waals surface area contributed by atoms with Crippen molar-refractivity contribution < 1.29 is 18.7 Å². The number of thiazole rings is 1. The molecule has 0 unspecified atom stereocenters. The Morgan fingerprint density at radius 1 is 1.24 bits per heavy atom. The van der Waals surface area contributed by atoms with Gasteiger partial charge in [0.2, 0.25) is 0 Å². The van der Waals surface area contributed by atoms with Crippen molar-refractivity contribution in [2.45, 2.75) is 19.9 Å². The number of halogens is 1. The van der Waals surface area contributed by atoms with Crippen LogP contribution in [-0.2, 0) is 9.53 Å². The Kier molecular flexibility index (Phi) is 6.70. The summed E-state index contributed by atoms with van der Waals surface area (Å²) in [7, 11) is 0. The molecule has 3 aromatic rings. The number of carbonyl (C=O) groups excluding carboxylic acids is 1. The molecule has 2 heterocycles. The predicted octanol–water partition coefficient (Wildman–Crippen LogP) is 2.84. The zero-order valence-corrected chi connectivity index (χ0v) is 19.3. The fourth-order valence-electron chi connectivity index (χ4n) is 3.68. The van der Waals surface area contributed by atoms with Gasteiger partial charge in [0.25, 0.3) is 5.56 Å². The molecular weight excluding hydrogens is 457 g/mol. The number of esters is 1. The first kappa shape index (κ1) is 23.1. The first-order valence-corrected chi connectivity index (χ1v) is 11.3. The lowest BCUT2D eigenvalue weighted by molar-refractivity contribution is -0.139. The van der Waals surface area contributed by atoms with Crippen molar-refractivity contribution >= 4 is 23.4 Å². The van der Waals surface area contributed by atoms with E-state index in [0.29, 0.717) is 26.3 Å². The van der Waals surface area contributed by atoms with Crippen LogP contribution in [0.5, 0.6) is 5.75 Å². The van der Waals surface area contributed by atoms with Gasteiger partial charge in [-0.3, -0.25) is 9.36 Å². The number of nitriles is 1. The Bertz CT molecular complexity index is 1480. The van der Waals surface area contributed by atoms with Gasteiger partial charge in [0.05, 0.1) is 28.5 Å². The average molecular weight is 478 g/mol. The minimum Gasteiger partial charge on any atom is -0.479 e. The number of benzene rings is 2. The van der Waals surface area contributed by atoms with Crippen LogP contribution < -0.4 is 19.6 Å². The molecule has 172 valence electrons. The molecule has 4 rings (SSSR count). The summed E-state index contributed by atoms with van der Waals surface area (Å²) in [5.74, 6) is -0.441. The second kappa shape index (κ2) is 9.85. The van der Waals surface area contributed by atoms with E-state index in [9.17, 15) is 14.0 Å². The minimum absolute atomic E-state index is 0.0521. The maximum Gasteiger partial charge on any atom is 0.338 e. The van der Waals surface area contributed by atoms with Crippen molar-refractivity contribution in [2.75, 3.05) is 13.2 Å². The van der Waals surface area contributed by atoms with Gasteiger partial charge in [0, 0.05) is 0 Å². The Labute approximate surface area is 198 Å². The van der Waals surface area contributed by atoms with E-state index in [4.69, 9.17) is 14.7 Å². The molecule has 0 saturated heterocycles. The van der Waals surface area contributed by atoms with Crippen LogP contribution in [0.2, 0.25) is 0 Å². The lowest BCUT2D eigenvalue weighted by Crippen LogP contribution is -2.39. The molecule has 0 fully saturated rings. The van der Waals surface area contributed by atoms with Crippen molar-refractivity contribution in [3.8, 4) is 11.8 Å². The molecular formula is C25H20FN3O4S. The number of aromatic nitrogens is 1. The molecule has 0 N–H and O–H groups in total. The maximum atomic E-state index is 13.6. The topological polar surface area (TPSA) is 93.7 Å². The number of nitrogens with zero attached hydrogens (tertiary/aromatic N) is 3. The van der Waals surface area contributed by atoms with Crippen LogP contribution in [0.1, 0.15) is 31.0 Å². The summed E-state index contributed by atoms with van der Waals surface area (Å²) in [4.78, 5) is 31.2. The molecule has 1 aromatic heterocycles. The number of fused-ring (bicyclic) bond motifs is 1. The van der Waals surface area contributed by atoms with Gasteiger partial charge in [-0.05, 0) is 55.3 Å². The third-order valence-corrected chi connectivity index (χ3v) is 6.17. The number of allylic oxidation sites excluding steroid dienone is 1. The van der Waals surface area contributed by atoms with Crippen LogP contribution in [0.4, 0.5) is 4.39 Å². The highest BCUT2D eigenvalue weighted by molar-refractivity contribution is 7.07. The van der Waals surface area contributed by atoms with Crippen molar-refractivity contribution in [1.29, 1.82) is 5.26 Å². The van der Waals surface area contributed by atoms with Gasteiger partial charge in [0.1, 0.15) is 17.6 Å². The number of carbonyl (C=O) groups is 1. The predicted molar refractivity (Wildman–Crippen MR) is 124 cm³/mol. The SMILES string of the molecule is CCOC(=O)C1=C(C)N=c2s/c(=C\c3ccc(OCC#N)cc3)c(=O)n2[C@@H]1c1ccc(F)cc1. The van der Waals surface area contributed by atoms with Crippen molar-refractivity contribution in [2.24, 2.45) is 4.99 Å². The molecule has 0 bridgehead atoms. The van der Waals surface area contributed by atoms with E-state index in [0.717, 1.165) is 5.56 Å². The van der Waals surface area contributed by atoms with E-state index in [-0.39, 0.29) is 24.3 Å². The second-order valence-electron chi connectivity index (χ2n) is 7.37. The molecule has 0 spiro atoms. The maximum absolute atomic E-state index is 13.6. The lowest BCUT2D eigenvalue weighted by Gasteiger charge is -2.24. The summed E-state index contributed by atoms with van der Waals surface area (Å²) in [5, 5.41) is 8.63. The smallest absolute Gasteiger partial charge is 0.338 e. The third-order valence-electron chi connectivity index (χ3n) is 5.18. The molecule has 1 atom stereocenters. The Hall–Kier alpha value is -4.03. The van der Waals surface area contributed by atoms with Crippen LogP contribution in [0.15, 0.2) is 69.6 Å². The molecule has 0 amide bonds. The number of rotatable bonds is 6. The fraction of sp³-hybridized carbons (Fsp3) is 0.200. The summed E-state index contributed by atoms with van der Waals surface area (Å²) in [6.07, 6.45) is 1.73. The fourth-order valence-corrected chi connectivity index (χ4v) is 4.73. The van der Waals surface area contributed by atoms with E-state index in [2.05, 4.69) is 4.99 Å². The number of hydrogen-bond donors (Lipinski definition) is 0. The number of hydrogen-bond acceptors (Lipinski definition) is 7. The van der Waals surface area contributed by atoms with Gasteiger partial charge in [-0.25, -0.2) is 14.2 Å². The summed E-state index contributed by atoms with van der Waals surface area (Å²) >= 11 is 1.20. The Morgan fingerprint density at radius 3 is 2.59 bits per heavy atom. The monoisotopic (exact) mass is 477 g/mol. The molecule has 34 heavy (non-hydrogen) atoms. The molecule has 0 aliphatic carbocycles. The van der Waals surface area contributed by atoms with Crippen LogP contribution >= 0.6 is 11.3 Å². The summed E-state index contributed by atoms with van der Waals surface area (Å²) in [6, 6.07) is 13.8. The molecule has 9 heteroatoms. The highest BCUT2D eigenvalue weighted by Gasteiger charge is 2.33. The van der Waals surface area contributed by atoms with Crippen LogP contribution in [-0.4, -0.2) is 23.8 Å². The van der Waals surface area contributed by atoms with Crippen molar-refractivity contribution in [3.05, 3.63) is 96.4 Å². The lowest BCUT2D eigenvalue weighted by atomic mass is 9.96. The molecule has 1 aliphatic rings. The van der Waals surface area contributed by atoms with E-state index >= 15 is 0 Å². The molecule has 1 aliphatic heterocycles. The van der Waals surface area contributed by atoms with E-state index in [1.165, 1.54) is 28.0 Å². The van der Waals surface area contributed by atoms with Crippen LogP contribution in [0.3, 0.4) is 0 Å². The van der Waals surface area contributed by atoms with E-state index in [1.807, 2.05) is 6.07 Å². The largest absolute Gasteiger partial charge is 0.479 e. The zero-order valence-electron chi connectivity index (χ0n) is 18.4. The highest BCUT2D eigenvalue weighted by atomic mass is 32.1. The van der Waals surface area contributed by atoms with Gasteiger partial charge in [0.15, 0.2) is 11.4 Å². The normalized spacial score (nSPS) is 15.4. The highest BCUT2D eigenvalue weighted by Crippen LogP contribution is 2.30. The zero-order chi connectivity index (χ0) is 24.2. The van der Waals surface area contributed by atoms with Gasteiger partial charge in [-0.2, -0.15) is 5.26 Å². The summed E-state index contributed by atoms with van der Waals surface area (Å²) in [5.41, 5.74) is 1.70. The minimum atomic E-state index is -0.792. The molecule has 0 saturated carbocycles. The van der Waals surface area contributed by atoms with E-state index < -0.39 is 17.8 Å². The van der Waals surface area contributed by atoms with Crippen LogP contribution in [0, 0.1) is 17.1 Å². The van der Waals surface area contributed by atoms with Gasteiger partial charge in [-0.15, -0.1) is 0 Å². The van der Waals surface area contributed by atoms with Gasteiger partial charge in [-0.1, -0.05) is 35.6 Å². The van der Waals surface area contributed by atoms with Crippen molar-refractivity contribution in [1.82, 2.24) is 4.57 Å². The number of ether oxygens (including phenoxy) is 2. The summed E-state index contributed by atoms with van der Waals surface area (Å²) < 4.78 is 26.0. The summed E-state index contributed by atoms with van der Waals surface area (Å²) in [6.45, 7) is 3.51. The van der Waals surface area contributed by atoms with Crippen molar-refractivity contribution in [3.63, 3.8) is 0 Å². The first-order chi connectivity index (χ1) is 16.4. The Balaban J connectivity index is 1.84. The molecule has 0 radical (unpaired) electrons.